The Bertz CT molecular complexity index is 821. The molecule has 2 aromatic carbocycles. The minimum Gasteiger partial charge on any atom is -0.494 e. The van der Waals surface area contributed by atoms with Gasteiger partial charge in [-0.15, -0.1) is 0 Å². The zero-order chi connectivity index (χ0) is 23.0. The number of carbonyl (C=O) groups excluding carboxylic acids is 2. The van der Waals surface area contributed by atoms with Crippen LogP contribution in [0.1, 0.15) is 85.9 Å². The molecule has 2 aromatic rings. The number of hydrogen-bond acceptors (Lipinski definition) is 4. The van der Waals surface area contributed by atoms with Crippen LogP contribution in [-0.2, 0) is 0 Å². The fourth-order valence-corrected chi connectivity index (χ4v) is 3.17. The van der Waals surface area contributed by atoms with E-state index in [4.69, 9.17) is 9.47 Å². The van der Waals surface area contributed by atoms with Gasteiger partial charge in [0, 0.05) is 5.56 Å². The third-order valence-corrected chi connectivity index (χ3v) is 5.06. The second-order valence-corrected chi connectivity index (χ2v) is 7.75. The summed E-state index contributed by atoms with van der Waals surface area (Å²) in [6.45, 7) is 5.56. The first kappa shape index (κ1) is 25.2. The number of hydrogen-bond donors (Lipinski definition) is 2. The second kappa shape index (κ2) is 14.9. The van der Waals surface area contributed by atoms with Crippen molar-refractivity contribution in [1.82, 2.24) is 10.9 Å². The van der Waals surface area contributed by atoms with Crippen LogP contribution in [0.15, 0.2) is 48.5 Å². The Balaban J connectivity index is 1.80. The molecule has 0 bridgehead atoms. The Hall–Kier alpha value is -3.02. The SMILES string of the molecule is CCCCCCOc1ccc(C(=O)NNC(=O)c2ccccc2OCCCCCC)cc1. The molecule has 0 aliphatic rings. The van der Waals surface area contributed by atoms with Crippen LogP contribution in [0.4, 0.5) is 0 Å². The van der Waals surface area contributed by atoms with Crippen molar-refractivity contribution in [3.8, 4) is 11.5 Å². The Morgan fingerprint density at radius 3 is 1.94 bits per heavy atom. The molecule has 0 aliphatic carbocycles. The van der Waals surface area contributed by atoms with Gasteiger partial charge in [-0.2, -0.15) is 0 Å². The van der Waals surface area contributed by atoms with Gasteiger partial charge in [-0.3, -0.25) is 20.4 Å². The topological polar surface area (TPSA) is 76.7 Å². The lowest BCUT2D eigenvalue weighted by Gasteiger charge is -2.12. The smallest absolute Gasteiger partial charge is 0.273 e. The van der Waals surface area contributed by atoms with Gasteiger partial charge >= 0.3 is 0 Å². The number of rotatable bonds is 14. The molecule has 0 radical (unpaired) electrons. The Morgan fingerprint density at radius 2 is 1.28 bits per heavy atom. The Morgan fingerprint density at radius 1 is 0.688 bits per heavy atom. The zero-order valence-corrected chi connectivity index (χ0v) is 19.3. The molecule has 0 fully saturated rings. The summed E-state index contributed by atoms with van der Waals surface area (Å²) in [6.07, 6.45) is 8.96. The van der Waals surface area contributed by atoms with Crippen molar-refractivity contribution in [1.29, 1.82) is 0 Å². The van der Waals surface area contributed by atoms with E-state index >= 15 is 0 Å². The van der Waals surface area contributed by atoms with E-state index in [0.29, 0.717) is 30.1 Å². The van der Waals surface area contributed by atoms with Crippen LogP contribution in [0.2, 0.25) is 0 Å². The van der Waals surface area contributed by atoms with Gasteiger partial charge in [0.2, 0.25) is 0 Å². The first-order valence-corrected chi connectivity index (χ1v) is 11.7. The first-order chi connectivity index (χ1) is 15.7. The van der Waals surface area contributed by atoms with Crippen molar-refractivity contribution in [3.63, 3.8) is 0 Å². The van der Waals surface area contributed by atoms with Crippen molar-refractivity contribution in [2.24, 2.45) is 0 Å². The van der Waals surface area contributed by atoms with Crippen molar-refractivity contribution >= 4 is 11.8 Å². The van der Waals surface area contributed by atoms with E-state index in [9.17, 15) is 9.59 Å². The van der Waals surface area contributed by atoms with Gasteiger partial charge in [0.15, 0.2) is 0 Å². The van der Waals surface area contributed by atoms with Crippen molar-refractivity contribution in [2.45, 2.75) is 65.2 Å². The number of amides is 2. The number of unbranched alkanes of at least 4 members (excludes halogenated alkanes) is 6. The minimum atomic E-state index is -0.422. The molecule has 0 unspecified atom stereocenters. The Labute approximate surface area is 191 Å². The lowest BCUT2D eigenvalue weighted by atomic mass is 10.2. The predicted octanol–water partition coefficient (Wildman–Crippen LogP) is 5.68. The molecule has 2 N–H and O–H groups in total. The molecule has 174 valence electrons. The van der Waals surface area contributed by atoms with E-state index in [-0.39, 0.29) is 0 Å². The molecule has 0 atom stereocenters. The normalized spacial score (nSPS) is 10.4. The third-order valence-electron chi connectivity index (χ3n) is 5.06. The molecule has 2 rings (SSSR count). The summed E-state index contributed by atoms with van der Waals surface area (Å²) in [4.78, 5) is 24.9. The van der Waals surface area contributed by atoms with Crippen LogP contribution in [-0.4, -0.2) is 25.0 Å². The van der Waals surface area contributed by atoms with E-state index in [0.717, 1.165) is 37.9 Å². The van der Waals surface area contributed by atoms with Crippen LogP contribution in [0.5, 0.6) is 11.5 Å². The quantitative estimate of drug-likeness (QED) is 0.293. The summed E-state index contributed by atoms with van der Waals surface area (Å²) in [5, 5.41) is 0. The molecule has 0 saturated carbocycles. The number of nitrogens with one attached hydrogen (secondary N) is 2. The fourth-order valence-electron chi connectivity index (χ4n) is 3.17. The predicted molar refractivity (Wildman–Crippen MR) is 127 cm³/mol. The summed E-state index contributed by atoms with van der Waals surface area (Å²) < 4.78 is 11.5. The molecule has 2 amide bonds. The molecule has 0 saturated heterocycles. The summed E-state index contributed by atoms with van der Waals surface area (Å²) >= 11 is 0. The number of hydrazine groups is 1. The maximum absolute atomic E-state index is 12.6. The number of carbonyl (C=O) groups is 2. The highest BCUT2D eigenvalue weighted by atomic mass is 16.5. The molecule has 6 heteroatoms. The van der Waals surface area contributed by atoms with Gasteiger partial charge in [0.25, 0.3) is 11.8 Å². The summed E-state index contributed by atoms with van der Waals surface area (Å²) in [5.74, 6) is 0.420. The van der Waals surface area contributed by atoms with Crippen LogP contribution >= 0.6 is 0 Å². The average molecular weight is 441 g/mol. The highest BCUT2D eigenvalue weighted by Gasteiger charge is 2.14. The van der Waals surface area contributed by atoms with E-state index in [1.807, 2.05) is 6.07 Å². The second-order valence-electron chi connectivity index (χ2n) is 7.75. The van der Waals surface area contributed by atoms with Gasteiger partial charge in [0.05, 0.1) is 18.8 Å². The van der Waals surface area contributed by atoms with Gasteiger partial charge in [0.1, 0.15) is 11.5 Å². The molecule has 0 heterocycles. The van der Waals surface area contributed by atoms with Crippen molar-refractivity contribution in [2.75, 3.05) is 13.2 Å². The lowest BCUT2D eigenvalue weighted by Crippen LogP contribution is -2.41. The number of ether oxygens (including phenoxy) is 2. The summed E-state index contributed by atoms with van der Waals surface area (Å²) in [5.41, 5.74) is 5.75. The first-order valence-electron chi connectivity index (χ1n) is 11.7. The maximum Gasteiger partial charge on any atom is 0.273 e. The Kier molecular flexibility index (Phi) is 11.7. The van der Waals surface area contributed by atoms with Crippen molar-refractivity contribution < 1.29 is 19.1 Å². The standard InChI is InChI=1S/C26H36N2O4/c1-3-5-7-11-19-31-22-17-15-21(16-18-22)25(29)27-28-26(30)23-13-9-10-14-24(23)32-20-12-8-6-4-2/h9-10,13-18H,3-8,11-12,19-20H2,1-2H3,(H,27,29)(H,28,30). The average Bonchev–Trinajstić information content (AvgIpc) is 2.82. The molecule has 0 aliphatic heterocycles. The summed E-state index contributed by atoms with van der Waals surface area (Å²) in [6, 6.07) is 13.9. The molecular weight excluding hydrogens is 404 g/mol. The summed E-state index contributed by atoms with van der Waals surface area (Å²) in [7, 11) is 0. The van der Waals surface area contributed by atoms with E-state index in [1.54, 1.807) is 42.5 Å². The van der Waals surface area contributed by atoms with Gasteiger partial charge in [-0.05, 0) is 49.2 Å². The van der Waals surface area contributed by atoms with Crippen LogP contribution in [0, 0.1) is 0 Å². The van der Waals surface area contributed by atoms with Gasteiger partial charge in [-0.25, -0.2) is 0 Å². The number of benzene rings is 2. The van der Waals surface area contributed by atoms with E-state index in [2.05, 4.69) is 24.7 Å². The monoisotopic (exact) mass is 440 g/mol. The zero-order valence-electron chi connectivity index (χ0n) is 19.3. The number of para-hydroxylation sites is 1. The molecular formula is C26H36N2O4. The fraction of sp³-hybridized carbons (Fsp3) is 0.462. The highest BCUT2D eigenvalue weighted by Crippen LogP contribution is 2.18. The van der Waals surface area contributed by atoms with Crippen LogP contribution < -0.4 is 20.3 Å². The molecule has 32 heavy (non-hydrogen) atoms. The van der Waals surface area contributed by atoms with Crippen molar-refractivity contribution in [3.05, 3.63) is 59.7 Å². The van der Waals surface area contributed by atoms with E-state index in [1.165, 1.54) is 19.3 Å². The van der Waals surface area contributed by atoms with Gasteiger partial charge in [-0.1, -0.05) is 64.5 Å². The lowest BCUT2D eigenvalue weighted by molar-refractivity contribution is 0.0844. The molecule has 6 nitrogen and oxygen atoms in total. The maximum atomic E-state index is 12.6. The molecule has 0 aromatic heterocycles. The van der Waals surface area contributed by atoms with Gasteiger partial charge < -0.3 is 9.47 Å². The third kappa shape index (κ3) is 9.00. The minimum absolute atomic E-state index is 0.384. The van der Waals surface area contributed by atoms with Crippen LogP contribution in [0.25, 0.3) is 0 Å². The largest absolute Gasteiger partial charge is 0.494 e. The van der Waals surface area contributed by atoms with Crippen LogP contribution in [0.3, 0.4) is 0 Å². The molecule has 0 spiro atoms. The van der Waals surface area contributed by atoms with E-state index < -0.39 is 11.8 Å². The highest BCUT2D eigenvalue weighted by molar-refractivity contribution is 6.00.